The highest BCUT2D eigenvalue weighted by atomic mass is 35.5. The summed E-state index contributed by atoms with van der Waals surface area (Å²) in [6, 6.07) is 3.76. The van der Waals surface area contributed by atoms with Gasteiger partial charge in [-0.15, -0.1) is 0 Å². The van der Waals surface area contributed by atoms with Gasteiger partial charge in [0.2, 0.25) is 5.91 Å². The molecule has 1 aliphatic rings. The third-order valence-electron chi connectivity index (χ3n) is 6.69. The second-order valence-electron chi connectivity index (χ2n) is 10.1. The molecule has 1 aromatic carbocycles. The van der Waals surface area contributed by atoms with Crippen molar-refractivity contribution >= 4 is 40.1 Å². The molecule has 2 aromatic heterocycles. The molecule has 0 unspecified atom stereocenters. The number of aromatic amines is 1. The summed E-state index contributed by atoms with van der Waals surface area (Å²) in [6.45, 7) is 14.5. The van der Waals surface area contributed by atoms with E-state index in [9.17, 15) is 9.59 Å². The number of fused-ring (bicyclic) bond motifs is 1. The Kier molecular flexibility index (Phi) is 6.40. The average Bonchev–Trinajstić information content (AvgIpc) is 3.31. The van der Waals surface area contributed by atoms with Crippen LogP contribution in [-0.2, 0) is 23.8 Å². The number of aryl methyl sites for hydroxylation is 1. The van der Waals surface area contributed by atoms with Gasteiger partial charge in [-0.1, -0.05) is 39.0 Å². The van der Waals surface area contributed by atoms with Gasteiger partial charge < -0.3 is 20.1 Å². The van der Waals surface area contributed by atoms with Gasteiger partial charge in [-0.25, -0.2) is 4.98 Å². The first-order chi connectivity index (χ1) is 16.4. The number of nitrogens with one attached hydrogen (secondary N) is 3. The van der Waals surface area contributed by atoms with E-state index in [1.807, 2.05) is 27.0 Å². The maximum absolute atomic E-state index is 13.0. The summed E-state index contributed by atoms with van der Waals surface area (Å²) in [7, 11) is 1.82. The number of carbonyl (C=O) groups excluding carboxylic acids is 2. The molecule has 9 nitrogen and oxygen atoms in total. The van der Waals surface area contributed by atoms with Gasteiger partial charge in [-0.2, -0.15) is 5.10 Å². The number of imidazole rings is 1. The number of benzene rings is 1. The Labute approximate surface area is 209 Å². The first kappa shape index (κ1) is 24.8. The predicted octanol–water partition coefficient (Wildman–Crippen LogP) is 3.68. The molecule has 0 radical (unpaired) electrons. The lowest BCUT2D eigenvalue weighted by Gasteiger charge is -2.46. The maximum atomic E-state index is 13.0. The van der Waals surface area contributed by atoms with E-state index in [1.54, 1.807) is 9.47 Å². The topological polar surface area (TPSA) is 108 Å². The number of H-pyrrole nitrogens is 1. The van der Waals surface area contributed by atoms with E-state index in [-0.39, 0.29) is 29.3 Å². The summed E-state index contributed by atoms with van der Waals surface area (Å²) in [5.41, 5.74) is 2.92. The van der Waals surface area contributed by atoms with Gasteiger partial charge in [0.05, 0.1) is 29.8 Å². The number of anilines is 1. The van der Waals surface area contributed by atoms with Crippen LogP contribution >= 0.6 is 11.6 Å². The number of hydrogen-bond acceptors (Lipinski definition) is 5. The van der Waals surface area contributed by atoms with Crippen LogP contribution < -0.4 is 10.6 Å². The number of likely N-dealkylation sites (tertiary alicyclic amines) is 1. The molecule has 35 heavy (non-hydrogen) atoms. The van der Waals surface area contributed by atoms with Crippen LogP contribution in [-0.4, -0.2) is 55.1 Å². The van der Waals surface area contributed by atoms with Crippen molar-refractivity contribution in [2.75, 3.05) is 11.9 Å². The minimum Gasteiger partial charge on any atom is -0.361 e. The normalized spacial score (nSPS) is 17.9. The molecule has 10 heteroatoms. The van der Waals surface area contributed by atoms with E-state index in [4.69, 9.17) is 11.6 Å². The van der Waals surface area contributed by atoms with E-state index >= 15 is 0 Å². The lowest BCUT2D eigenvalue weighted by molar-refractivity contribution is -0.134. The molecule has 2 amide bonds. The first-order valence-corrected chi connectivity index (χ1v) is 12.0. The number of nitrogens with zero attached hydrogens (tertiary/aromatic N) is 4. The van der Waals surface area contributed by atoms with Crippen molar-refractivity contribution in [2.45, 2.75) is 58.7 Å². The minimum atomic E-state index is -0.207. The van der Waals surface area contributed by atoms with Crippen LogP contribution in [0, 0.1) is 6.92 Å². The number of hydrogen-bond donors (Lipinski definition) is 3. The number of rotatable bonds is 6. The van der Waals surface area contributed by atoms with Crippen molar-refractivity contribution in [2.24, 2.45) is 7.05 Å². The van der Waals surface area contributed by atoms with Crippen molar-refractivity contribution in [1.82, 2.24) is 30.0 Å². The molecule has 0 spiro atoms. The largest absolute Gasteiger partial charge is 0.361 e. The highest BCUT2D eigenvalue weighted by Crippen LogP contribution is 2.34. The first-order valence-electron chi connectivity index (χ1n) is 11.6. The minimum absolute atomic E-state index is 0.0847. The quantitative estimate of drug-likeness (QED) is 0.450. The van der Waals surface area contributed by atoms with E-state index in [1.165, 1.54) is 6.08 Å². The third kappa shape index (κ3) is 4.52. The molecule has 0 aliphatic carbocycles. The molecule has 3 aromatic rings. The molecule has 3 heterocycles. The van der Waals surface area contributed by atoms with Crippen molar-refractivity contribution in [3.8, 4) is 0 Å². The molecule has 186 valence electrons. The van der Waals surface area contributed by atoms with Crippen LogP contribution in [0.25, 0.3) is 10.9 Å². The lowest BCUT2D eigenvalue weighted by atomic mass is 9.86. The maximum Gasteiger partial charge on any atom is 0.270 e. The summed E-state index contributed by atoms with van der Waals surface area (Å²) >= 11 is 6.49. The van der Waals surface area contributed by atoms with Crippen LogP contribution in [0.3, 0.4) is 0 Å². The highest BCUT2D eigenvalue weighted by Gasteiger charge is 2.39. The number of carbonyl (C=O) groups is 2. The van der Waals surface area contributed by atoms with Gasteiger partial charge in [0.15, 0.2) is 5.82 Å². The number of amides is 2. The number of aromatic nitrogens is 4. The molecule has 0 bridgehead atoms. The number of halogens is 1. The smallest absolute Gasteiger partial charge is 0.270 e. The van der Waals surface area contributed by atoms with Crippen molar-refractivity contribution in [3.63, 3.8) is 0 Å². The molecular formula is C25H32ClN7O2. The van der Waals surface area contributed by atoms with Crippen LogP contribution in [0.5, 0.6) is 0 Å². The standard InChI is InChI=1S/C25H32ClN7O2/c1-8-21(34)33-12-19(14(33)3)29-24(35)22-13(2)28-20(32(22)7)11-27-23-15-9-16(25(4,5)6)17(26)10-18(15)30-31-23/h8-10,14,19H,1,11-12H2,2-7H3,(H,29,35)(H2,27,30,31)/t14-,19-/m1/s1. The predicted molar refractivity (Wildman–Crippen MR) is 138 cm³/mol. The Morgan fingerprint density at radius 2 is 2.06 bits per heavy atom. The molecule has 1 saturated heterocycles. The fraction of sp³-hybridized carbons (Fsp3) is 0.440. The Bertz CT molecular complexity index is 1320. The Morgan fingerprint density at radius 1 is 1.34 bits per heavy atom. The molecular weight excluding hydrogens is 466 g/mol. The van der Waals surface area contributed by atoms with E-state index in [0.29, 0.717) is 41.1 Å². The fourth-order valence-electron chi connectivity index (χ4n) is 4.50. The summed E-state index contributed by atoms with van der Waals surface area (Å²) in [5, 5.41) is 15.5. The van der Waals surface area contributed by atoms with E-state index < -0.39 is 0 Å². The molecule has 1 aliphatic heterocycles. The van der Waals surface area contributed by atoms with E-state index in [2.05, 4.69) is 59.2 Å². The molecule has 4 rings (SSSR count). The summed E-state index contributed by atoms with van der Waals surface area (Å²) in [6.07, 6.45) is 1.29. The average molecular weight is 498 g/mol. The van der Waals surface area contributed by atoms with Gasteiger partial charge in [0.25, 0.3) is 5.91 Å². The van der Waals surface area contributed by atoms with E-state index in [0.717, 1.165) is 16.5 Å². The second-order valence-corrected chi connectivity index (χ2v) is 10.5. The molecule has 1 fully saturated rings. The Balaban J connectivity index is 1.48. The Morgan fingerprint density at radius 3 is 2.69 bits per heavy atom. The zero-order valence-electron chi connectivity index (χ0n) is 21.0. The molecule has 3 N–H and O–H groups in total. The van der Waals surface area contributed by atoms with Crippen molar-refractivity contribution < 1.29 is 9.59 Å². The zero-order valence-corrected chi connectivity index (χ0v) is 21.7. The van der Waals surface area contributed by atoms with Crippen LogP contribution in [0.1, 0.15) is 55.3 Å². The van der Waals surface area contributed by atoms with Crippen molar-refractivity contribution in [1.29, 1.82) is 0 Å². The highest BCUT2D eigenvalue weighted by molar-refractivity contribution is 6.32. The van der Waals surface area contributed by atoms with Crippen molar-refractivity contribution in [3.05, 3.63) is 52.6 Å². The van der Waals surface area contributed by atoms with Gasteiger partial charge in [-0.05, 0) is 43.0 Å². The summed E-state index contributed by atoms with van der Waals surface area (Å²) in [4.78, 5) is 31.1. The SMILES string of the molecule is C=CC(=O)N1C[C@@H](NC(=O)c2c(C)nc(CNc3n[nH]c4cc(Cl)c(C(C)(C)C)cc34)n2C)[C@H]1C. The lowest BCUT2D eigenvalue weighted by Crippen LogP contribution is -2.66. The van der Waals surface area contributed by atoms with Crippen LogP contribution in [0.15, 0.2) is 24.8 Å². The van der Waals surface area contributed by atoms with Gasteiger partial charge in [-0.3, -0.25) is 14.7 Å². The van der Waals surface area contributed by atoms with Gasteiger partial charge in [0, 0.05) is 24.0 Å². The second kappa shape index (κ2) is 9.03. The monoisotopic (exact) mass is 497 g/mol. The van der Waals surface area contributed by atoms with Gasteiger partial charge >= 0.3 is 0 Å². The summed E-state index contributed by atoms with van der Waals surface area (Å²) in [5.74, 6) is 1.07. The van der Waals surface area contributed by atoms with Gasteiger partial charge in [0.1, 0.15) is 11.5 Å². The molecule has 2 atom stereocenters. The molecule has 0 saturated carbocycles. The van der Waals surface area contributed by atoms with Crippen LogP contribution in [0.2, 0.25) is 5.02 Å². The summed E-state index contributed by atoms with van der Waals surface area (Å²) < 4.78 is 1.79. The fourth-order valence-corrected chi connectivity index (χ4v) is 4.95. The zero-order chi connectivity index (χ0) is 25.7. The third-order valence-corrected chi connectivity index (χ3v) is 7.00. The Hall–Kier alpha value is -3.33. The van der Waals surface area contributed by atoms with Crippen LogP contribution in [0.4, 0.5) is 5.82 Å².